The number of hydrogen-bond acceptors (Lipinski definition) is 4. The number of imidazole rings is 1. The monoisotopic (exact) mass is 511 g/mol. The van der Waals surface area contributed by atoms with Crippen LogP contribution in [0.25, 0.3) is 5.82 Å². The lowest BCUT2D eigenvalue weighted by Gasteiger charge is -2.30. The van der Waals surface area contributed by atoms with Crippen molar-refractivity contribution in [3.63, 3.8) is 0 Å². The Morgan fingerprint density at radius 1 is 1.24 bits per heavy atom. The smallest absolute Gasteiger partial charge is 0.191 e. The maximum Gasteiger partial charge on any atom is 0.191 e. The number of piperidine rings is 1. The lowest BCUT2D eigenvalue weighted by atomic mass is 9.99. The van der Waals surface area contributed by atoms with Gasteiger partial charge in [0.1, 0.15) is 12.1 Å². The van der Waals surface area contributed by atoms with Crippen LogP contribution in [0.15, 0.2) is 42.0 Å². The summed E-state index contributed by atoms with van der Waals surface area (Å²) in [5.74, 6) is 2.63. The van der Waals surface area contributed by atoms with Crippen LogP contribution >= 0.6 is 24.0 Å². The number of halogens is 1. The zero-order chi connectivity index (χ0) is 19.6. The predicted octanol–water partition coefficient (Wildman–Crippen LogP) is 3.06. The third-order valence-electron chi connectivity index (χ3n) is 5.16. The molecule has 29 heavy (non-hydrogen) atoms. The van der Waals surface area contributed by atoms with E-state index in [4.69, 9.17) is 4.99 Å². The second-order valence-corrected chi connectivity index (χ2v) is 7.49. The van der Waals surface area contributed by atoms with Crippen molar-refractivity contribution in [1.82, 2.24) is 30.1 Å². The van der Waals surface area contributed by atoms with E-state index in [1.54, 1.807) is 12.5 Å². The molecule has 7 nitrogen and oxygen atoms in total. The molecule has 3 rings (SSSR count). The van der Waals surface area contributed by atoms with Crippen LogP contribution in [0.2, 0.25) is 0 Å². The molecule has 8 heteroatoms. The lowest BCUT2D eigenvalue weighted by Crippen LogP contribution is -2.39. The Morgan fingerprint density at radius 2 is 2.07 bits per heavy atom. The van der Waals surface area contributed by atoms with Gasteiger partial charge in [-0.2, -0.15) is 0 Å². The van der Waals surface area contributed by atoms with Crippen molar-refractivity contribution in [2.75, 3.05) is 32.7 Å². The van der Waals surface area contributed by atoms with E-state index in [1.165, 1.54) is 32.5 Å². The van der Waals surface area contributed by atoms with E-state index in [2.05, 4.69) is 45.4 Å². The molecule has 2 aromatic rings. The summed E-state index contributed by atoms with van der Waals surface area (Å²) in [5, 5.41) is 6.78. The van der Waals surface area contributed by atoms with Crippen molar-refractivity contribution in [2.45, 2.75) is 39.7 Å². The summed E-state index contributed by atoms with van der Waals surface area (Å²) < 4.78 is 1.89. The molecule has 160 valence electrons. The fourth-order valence-electron chi connectivity index (χ4n) is 3.36. The molecule has 1 saturated heterocycles. The van der Waals surface area contributed by atoms with Gasteiger partial charge in [-0.1, -0.05) is 13.0 Å². The van der Waals surface area contributed by atoms with Gasteiger partial charge in [0.15, 0.2) is 5.96 Å². The topological polar surface area (TPSA) is 70.4 Å². The van der Waals surface area contributed by atoms with Crippen LogP contribution in [0, 0.1) is 5.92 Å². The van der Waals surface area contributed by atoms with Crippen molar-refractivity contribution in [1.29, 1.82) is 0 Å². The molecule has 2 N–H and O–H groups in total. The van der Waals surface area contributed by atoms with Crippen molar-refractivity contribution in [2.24, 2.45) is 10.9 Å². The molecule has 0 bridgehead atoms. The highest BCUT2D eigenvalue weighted by Crippen LogP contribution is 2.15. The molecule has 1 fully saturated rings. The van der Waals surface area contributed by atoms with Crippen LogP contribution < -0.4 is 10.6 Å². The van der Waals surface area contributed by atoms with Crippen LogP contribution in [0.4, 0.5) is 0 Å². The van der Waals surface area contributed by atoms with E-state index in [1.807, 2.05) is 23.0 Å². The standard InChI is InChI=1S/C21H33N7.HI/c1-3-23-21(24-9-4-11-27-12-7-18(2)8-13-27)26-16-19-5-6-20(25-15-19)28-14-10-22-17-28;/h5-6,10,14-15,17-18H,3-4,7-9,11-13,16H2,1-2H3,(H2,23,24,26);1H. The van der Waals surface area contributed by atoms with Gasteiger partial charge in [-0.05, 0) is 63.4 Å². The van der Waals surface area contributed by atoms with Crippen LogP contribution in [-0.4, -0.2) is 58.1 Å². The minimum absolute atomic E-state index is 0. The molecule has 1 aliphatic heterocycles. The third-order valence-corrected chi connectivity index (χ3v) is 5.16. The number of likely N-dealkylation sites (tertiary alicyclic amines) is 1. The zero-order valence-electron chi connectivity index (χ0n) is 17.5. The fraction of sp³-hybridized carbons (Fsp3) is 0.571. The van der Waals surface area contributed by atoms with Gasteiger partial charge in [-0.3, -0.25) is 4.57 Å². The number of nitrogens with one attached hydrogen (secondary N) is 2. The van der Waals surface area contributed by atoms with Crippen molar-refractivity contribution in [3.8, 4) is 5.82 Å². The molecule has 1 aliphatic rings. The Hall–Kier alpha value is -1.68. The van der Waals surface area contributed by atoms with Crippen molar-refractivity contribution in [3.05, 3.63) is 42.6 Å². The summed E-state index contributed by atoms with van der Waals surface area (Å²) >= 11 is 0. The summed E-state index contributed by atoms with van der Waals surface area (Å²) in [5.41, 5.74) is 1.09. The van der Waals surface area contributed by atoms with Gasteiger partial charge < -0.3 is 15.5 Å². The molecule has 0 aromatic carbocycles. The largest absolute Gasteiger partial charge is 0.357 e. The van der Waals surface area contributed by atoms with Gasteiger partial charge >= 0.3 is 0 Å². The maximum atomic E-state index is 4.69. The van der Waals surface area contributed by atoms with Gasteiger partial charge in [-0.15, -0.1) is 24.0 Å². The average molecular weight is 511 g/mol. The number of rotatable bonds is 8. The van der Waals surface area contributed by atoms with E-state index in [0.29, 0.717) is 6.54 Å². The van der Waals surface area contributed by atoms with Crippen LogP contribution in [0.5, 0.6) is 0 Å². The minimum atomic E-state index is 0. The second-order valence-electron chi connectivity index (χ2n) is 7.49. The highest BCUT2D eigenvalue weighted by atomic mass is 127. The number of hydrogen-bond donors (Lipinski definition) is 2. The Morgan fingerprint density at radius 3 is 2.72 bits per heavy atom. The van der Waals surface area contributed by atoms with Gasteiger partial charge in [0.05, 0.1) is 6.54 Å². The predicted molar refractivity (Wildman–Crippen MR) is 129 cm³/mol. The number of nitrogens with zero attached hydrogens (tertiary/aromatic N) is 5. The van der Waals surface area contributed by atoms with Crippen LogP contribution in [-0.2, 0) is 6.54 Å². The first-order valence-corrected chi connectivity index (χ1v) is 10.4. The average Bonchev–Trinajstić information content (AvgIpc) is 3.26. The number of aliphatic imine (C=N–C) groups is 1. The molecule has 0 atom stereocenters. The summed E-state index contributed by atoms with van der Waals surface area (Å²) in [6, 6.07) is 4.05. The van der Waals surface area contributed by atoms with Crippen LogP contribution in [0.1, 0.15) is 38.7 Å². The van der Waals surface area contributed by atoms with E-state index in [0.717, 1.165) is 42.8 Å². The first kappa shape index (κ1) is 23.6. The quantitative estimate of drug-likeness (QED) is 0.247. The Labute approximate surface area is 191 Å². The molecular weight excluding hydrogens is 477 g/mol. The molecule has 0 amide bonds. The van der Waals surface area contributed by atoms with Gasteiger partial charge in [-0.25, -0.2) is 15.0 Å². The van der Waals surface area contributed by atoms with Crippen LogP contribution in [0.3, 0.4) is 0 Å². The highest BCUT2D eigenvalue weighted by Gasteiger charge is 2.14. The molecule has 3 heterocycles. The Balaban J connectivity index is 0.00000300. The Kier molecular flexibility index (Phi) is 10.4. The summed E-state index contributed by atoms with van der Waals surface area (Å²) in [6.07, 6.45) is 11.1. The number of guanidine groups is 1. The van der Waals surface area contributed by atoms with E-state index >= 15 is 0 Å². The van der Waals surface area contributed by atoms with Crippen molar-refractivity contribution < 1.29 is 0 Å². The molecule has 2 aromatic heterocycles. The highest BCUT2D eigenvalue weighted by molar-refractivity contribution is 14.0. The number of pyridine rings is 1. The second kappa shape index (κ2) is 12.8. The molecule has 0 saturated carbocycles. The van der Waals surface area contributed by atoms with E-state index in [-0.39, 0.29) is 24.0 Å². The number of aromatic nitrogens is 3. The zero-order valence-corrected chi connectivity index (χ0v) is 19.9. The summed E-state index contributed by atoms with van der Waals surface area (Å²) in [4.78, 5) is 15.8. The van der Waals surface area contributed by atoms with Crippen molar-refractivity contribution >= 4 is 29.9 Å². The van der Waals surface area contributed by atoms with Gasteiger partial charge in [0, 0.05) is 31.7 Å². The molecule has 0 aliphatic carbocycles. The molecule has 0 unspecified atom stereocenters. The fourth-order valence-corrected chi connectivity index (χ4v) is 3.36. The summed E-state index contributed by atoms with van der Waals surface area (Å²) in [7, 11) is 0. The SMILES string of the molecule is CCNC(=NCc1ccc(-n2ccnc2)nc1)NCCCN1CCC(C)CC1.I. The molecule has 0 radical (unpaired) electrons. The van der Waals surface area contributed by atoms with Gasteiger partial charge in [0.2, 0.25) is 0 Å². The minimum Gasteiger partial charge on any atom is -0.357 e. The first-order chi connectivity index (χ1) is 13.7. The maximum absolute atomic E-state index is 4.69. The van der Waals surface area contributed by atoms with E-state index < -0.39 is 0 Å². The normalized spacial score (nSPS) is 15.7. The third kappa shape index (κ3) is 7.93. The van der Waals surface area contributed by atoms with Gasteiger partial charge in [0.25, 0.3) is 0 Å². The summed E-state index contributed by atoms with van der Waals surface area (Å²) in [6.45, 7) is 10.5. The Bertz CT molecular complexity index is 707. The lowest BCUT2D eigenvalue weighted by molar-refractivity contribution is 0.191. The van der Waals surface area contributed by atoms with E-state index in [9.17, 15) is 0 Å². The first-order valence-electron chi connectivity index (χ1n) is 10.4. The molecular formula is C21H34IN7. The molecule has 0 spiro atoms.